The van der Waals surface area contributed by atoms with Gasteiger partial charge in [0, 0.05) is 45.3 Å². The summed E-state index contributed by atoms with van der Waals surface area (Å²) in [6.07, 6.45) is -0.291. The van der Waals surface area contributed by atoms with E-state index >= 15 is 0 Å². The van der Waals surface area contributed by atoms with Gasteiger partial charge in [-0.25, -0.2) is 4.98 Å². The average molecular weight is 412 g/mol. The fraction of sp³-hybridized carbons (Fsp3) is 0.556. The van der Waals surface area contributed by atoms with Crippen molar-refractivity contribution in [2.75, 3.05) is 31.5 Å². The number of guanidine groups is 1. The molecule has 3 N–H and O–H groups in total. The first-order valence-electron chi connectivity index (χ1n) is 9.60. The maximum absolute atomic E-state index is 12.5. The second-order valence-corrected chi connectivity index (χ2v) is 6.19. The number of rotatable bonds is 10. The highest BCUT2D eigenvalue weighted by Crippen LogP contribution is 2.28. The van der Waals surface area contributed by atoms with Crippen LogP contribution in [0.2, 0.25) is 0 Å². The Morgan fingerprint density at radius 2 is 2.00 bits per heavy atom. The molecule has 0 saturated heterocycles. The summed E-state index contributed by atoms with van der Waals surface area (Å²) in [6, 6.07) is 2.34. The van der Waals surface area contributed by atoms with Crippen molar-refractivity contribution in [1.82, 2.24) is 30.4 Å². The Hall–Kier alpha value is -2.85. The van der Waals surface area contributed by atoms with Crippen LogP contribution in [0.4, 0.5) is 19.0 Å². The van der Waals surface area contributed by atoms with Gasteiger partial charge in [-0.1, -0.05) is 6.92 Å². The normalized spacial score (nSPS) is 12.1. The summed E-state index contributed by atoms with van der Waals surface area (Å²) in [6.45, 7) is 7.31. The molecule has 2 heterocycles. The van der Waals surface area contributed by atoms with Crippen molar-refractivity contribution in [3.05, 3.63) is 36.0 Å². The van der Waals surface area contributed by atoms with Gasteiger partial charge in [0.05, 0.1) is 5.56 Å². The Kier molecular flexibility index (Phi) is 8.68. The standard InChI is InChI=1S/C18H27F3N8/c1-3-16-28-27-13-29(16)11-10-25-17(22-4-2)24-9-5-8-23-15-7-6-14(12-26-15)18(19,20)21/h6-7,12-13H,3-5,8-11H2,1-2H3,(H,23,26)(H2,22,24,25). The number of aromatic nitrogens is 4. The number of hydrogen-bond acceptors (Lipinski definition) is 5. The molecule has 8 nitrogen and oxygen atoms in total. The minimum Gasteiger partial charge on any atom is -0.370 e. The van der Waals surface area contributed by atoms with E-state index in [0.717, 1.165) is 37.6 Å². The zero-order chi connectivity index (χ0) is 21.1. The summed E-state index contributed by atoms with van der Waals surface area (Å²) in [7, 11) is 0. The van der Waals surface area contributed by atoms with E-state index in [1.165, 1.54) is 6.07 Å². The highest BCUT2D eigenvalue weighted by Gasteiger charge is 2.30. The number of hydrogen-bond donors (Lipinski definition) is 3. The maximum Gasteiger partial charge on any atom is 0.417 e. The van der Waals surface area contributed by atoms with Gasteiger partial charge in [0.1, 0.15) is 18.0 Å². The summed E-state index contributed by atoms with van der Waals surface area (Å²) < 4.78 is 39.6. The number of nitrogens with one attached hydrogen (secondary N) is 3. The fourth-order valence-electron chi connectivity index (χ4n) is 2.53. The number of halogens is 3. The highest BCUT2D eigenvalue weighted by molar-refractivity contribution is 5.79. The molecule has 2 aromatic heterocycles. The molecule has 0 atom stereocenters. The third kappa shape index (κ3) is 7.59. The van der Waals surface area contributed by atoms with E-state index in [2.05, 4.69) is 36.1 Å². The van der Waals surface area contributed by atoms with Crippen molar-refractivity contribution in [2.45, 2.75) is 39.4 Å². The van der Waals surface area contributed by atoms with Crippen LogP contribution in [0.3, 0.4) is 0 Å². The lowest BCUT2D eigenvalue weighted by atomic mass is 10.3. The van der Waals surface area contributed by atoms with Crippen molar-refractivity contribution in [2.24, 2.45) is 4.99 Å². The Balaban J connectivity index is 1.71. The molecule has 0 aliphatic carbocycles. The summed E-state index contributed by atoms with van der Waals surface area (Å²) in [5.74, 6) is 2.07. The number of nitrogens with zero attached hydrogens (tertiary/aromatic N) is 5. The van der Waals surface area contributed by atoms with Crippen LogP contribution in [0.1, 0.15) is 31.7 Å². The predicted molar refractivity (Wildman–Crippen MR) is 106 cm³/mol. The first kappa shape index (κ1) is 22.4. The van der Waals surface area contributed by atoms with Crippen LogP contribution in [-0.2, 0) is 19.1 Å². The summed E-state index contributed by atoms with van der Waals surface area (Å²) in [5, 5.41) is 17.4. The second-order valence-electron chi connectivity index (χ2n) is 6.19. The molecule has 0 amide bonds. The lowest BCUT2D eigenvalue weighted by molar-refractivity contribution is -0.137. The molecule has 2 aromatic rings. The summed E-state index contributed by atoms with van der Waals surface area (Å²) >= 11 is 0. The van der Waals surface area contributed by atoms with Crippen molar-refractivity contribution in [1.29, 1.82) is 0 Å². The molecule has 0 bridgehead atoms. The number of aryl methyl sites for hydroxylation is 1. The number of anilines is 1. The van der Waals surface area contributed by atoms with Gasteiger partial charge in [-0.3, -0.25) is 4.99 Å². The lowest BCUT2D eigenvalue weighted by Crippen LogP contribution is -2.39. The first-order valence-corrected chi connectivity index (χ1v) is 9.60. The molecule has 0 aliphatic rings. The zero-order valence-electron chi connectivity index (χ0n) is 16.6. The van der Waals surface area contributed by atoms with Gasteiger partial charge in [0.2, 0.25) is 0 Å². The van der Waals surface area contributed by atoms with Gasteiger partial charge in [0.25, 0.3) is 0 Å². The zero-order valence-corrected chi connectivity index (χ0v) is 16.6. The SMILES string of the molecule is CCNC(=NCCCNc1ccc(C(F)(F)F)cn1)NCCn1cnnc1CC. The largest absolute Gasteiger partial charge is 0.417 e. The molecule has 0 aromatic carbocycles. The molecule has 11 heteroatoms. The van der Waals surface area contributed by atoms with Gasteiger partial charge in [-0.15, -0.1) is 10.2 Å². The quantitative estimate of drug-likeness (QED) is 0.315. The molecule has 0 saturated carbocycles. The molecule has 0 unspecified atom stereocenters. The molecule has 0 spiro atoms. The van der Waals surface area contributed by atoms with Gasteiger partial charge in [-0.2, -0.15) is 13.2 Å². The van der Waals surface area contributed by atoms with Gasteiger partial charge < -0.3 is 20.5 Å². The first-order chi connectivity index (χ1) is 13.9. The van der Waals surface area contributed by atoms with Crippen LogP contribution in [0.15, 0.2) is 29.6 Å². The van der Waals surface area contributed by atoms with Crippen LogP contribution in [0.5, 0.6) is 0 Å². The van der Waals surface area contributed by atoms with Crippen LogP contribution in [-0.4, -0.2) is 51.9 Å². The van der Waals surface area contributed by atoms with Crippen LogP contribution in [0.25, 0.3) is 0 Å². The third-order valence-corrected chi connectivity index (χ3v) is 4.00. The Morgan fingerprint density at radius 3 is 2.66 bits per heavy atom. The number of pyridine rings is 1. The van der Waals surface area contributed by atoms with E-state index in [-0.39, 0.29) is 0 Å². The predicted octanol–water partition coefficient (Wildman–Crippen LogP) is 2.31. The fourth-order valence-corrected chi connectivity index (χ4v) is 2.53. The van der Waals surface area contributed by atoms with E-state index in [4.69, 9.17) is 0 Å². The minimum atomic E-state index is -4.37. The molecular weight excluding hydrogens is 385 g/mol. The minimum absolute atomic E-state index is 0.410. The third-order valence-electron chi connectivity index (χ3n) is 4.00. The molecule has 2 rings (SSSR count). The van der Waals surface area contributed by atoms with Crippen LogP contribution >= 0.6 is 0 Å². The second kappa shape index (κ2) is 11.2. The van der Waals surface area contributed by atoms with Gasteiger partial charge >= 0.3 is 6.18 Å². The lowest BCUT2D eigenvalue weighted by Gasteiger charge is -2.12. The van der Waals surface area contributed by atoms with E-state index in [9.17, 15) is 13.2 Å². The smallest absolute Gasteiger partial charge is 0.370 e. The van der Waals surface area contributed by atoms with E-state index < -0.39 is 11.7 Å². The summed E-state index contributed by atoms with van der Waals surface area (Å²) in [5.41, 5.74) is -0.758. The Labute approximate surface area is 168 Å². The molecule has 29 heavy (non-hydrogen) atoms. The van der Waals surface area contributed by atoms with E-state index in [0.29, 0.717) is 37.8 Å². The maximum atomic E-state index is 12.5. The number of aliphatic imine (C=N–C) groups is 1. The van der Waals surface area contributed by atoms with E-state index in [1.54, 1.807) is 6.33 Å². The van der Waals surface area contributed by atoms with E-state index in [1.807, 2.05) is 18.4 Å². The molecule has 0 fully saturated rings. The topological polar surface area (TPSA) is 92.1 Å². The number of alkyl halides is 3. The molecule has 160 valence electrons. The van der Waals surface area contributed by atoms with Crippen molar-refractivity contribution in [3.63, 3.8) is 0 Å². The summed E-state index contributed by atoms with van der Waals surface area (Å²) in [4.78, 5) is 8.28. The van der Waals surface area contributed by atoms with Crippen molar-refractivity contribution in [3.8, 4) is 0 Å². The Bertz CT molecular complexity index is 755. The van der Waals surface area contributed by atoms with Crippen LogP contribution < -0.4 is 16.0 Å². The highest BCUT2D eigenvalue weighted by atomic mass is 19.4. The van der Waals surface area contributed by atoms with Gasteiger partial charge in [0.15, 0.2) is 5.96 Å². The molecular formula is C18H27F3N8. The van der Waals surface area contributed by atoms with Crippen molar-refractivity contribution < 1.29 is 13.2 Å². The molecule has 0 aliphatic heterocycles. The Morgan fingerprint density at radius 1 is 1.17 bits per heavy atom. The average Bonchev–Trinajstić information content (AvgIpc) is 3.15. The van der Waals surface area contributed by atoms with Crippen LogP contribution in [0, 0.1) is 0 Å². The molecule has 0 radical (unpaired) electrons. The van der Waals surface area contributed by atoms with Crippen molar-refractivity contribution >= 4 is 11.8 Å². The van der Waals surface area contributed by atoms with Gasteiger partial charge in [-0.05, 0) is 25.5 Å². The monoisotopic (exact) mass is 412 g/mol.